The Kier molecular flexibility index (Phi) is 1.37. The highest BCUT2D eigenvalue weighted by molar-refractivity contribution is 6.28. The molecule has 0 aromatic heterocycles. The third kappa shape index (κ3) is 2390. The summed E-state index contributed by atoms with van der Waals surface area (Å²) in [5.41, 5.74) is 0. The SMILES string of the molecule is [CH]=C(C)Cl. The van der Waals surface area contributed by atoms with Gasteiger partial charge in [0, 0.05) is 5.03 Å². The maximum Gasteiger partial charge on any atom is 0.0150 e. The Bertz CT molecular complexity index is 26.3. The summed E-state index contributed by atoms with van der Waals surface area (Å²) in [6.07, 6.45) is 0. The summed E-state index contributed by atoms with van der Waals surface area (Å²) in [4.78, 5) is 0. The van der Waals surface area contributed by atoms with Crippen molar-refractivity contribution >= 4 is 11.6 Å². The molecule has 0 amide bonds. The standard InChI is InChI=1S/C3H4Cl/c1-3(2)4/h1H,2H3. The molecule has 0 aliphatic heterocycles. The van der Waals surface area contributed by atoms with E-state index in [0.29, 0.717) is 5.03 Å². The molecule has 1 heteroatoms. The highest BCUT2D eigenvalue weighted by Crippen LogP contribution is 1.87. The Morgan fingerprint density at radius 2 is 2.00 bits per heavy atom. The average Bonchev–Trinajstić information content (AvgIpc) is 0.811. The summed E-state index contributed by atoms with van der Waals surface area (Å²) in [5, 5.41) is 0.389. The fraction of sp³-hybridized carbons (Fsp3) is 0.333. The summed E-state index contributed by atoms with van der Waals surface area (Å²) in [6.45, 7) is 6.42. The van der Waals surface area contributed by atoms with E-state index in [1.807, 2.05) is 0 Å². The fourth-order valence-corrected chi connectivity index (χ4v) is 0. The normalized spacial score (nSPS) is 6.50. The van der Waals surface area contributed by atoms with Crippen molar-refractivity contribution in [3.05, 3.63) is 11.6 Å². The summed E-state index contributed by atoms with van der Waals surface area (Å²) >= 11 is 4.97. The van der Waals surface area contributed by atoms with Gasteiger partial charge in [0.2, 0.25) is 0 Å². The van der Waals surface area contributed by atoms with Crippen molar-refractivity contribution in [2.75, 3.05) is 0 Å². The molecule has 0 nitrogen and oxygen atoms in total. The van der Waals surface area contributed by atoms with Gasteiger partial charge in [-0.25, -0.2) is 0 Å². The average molecular weight is 75.5 g/mol. The van der Waals surface area contributed by atoms with Gasteiger partial charge >= 0.3 is 0 Å². The van der Waals surface area contributed by atoms with Gasteiger partial charge in [0.15, 0.2) is 0 Å². The van der Waals surface area contributed by atoms with Gasteiger partial charge in [-0.3, -0.25) is 0 Å². The van der Waals surface area contributed by atoms with Crippen LogP contribution in [-0.2, 0) is 0 Å². The molecule has 1 radical (unpaired) electrons. The molecule has 0 heterocycles. The minimum absolute atomic E-state index is 0.389. The van der Waals surface area contributed by atoms with Crippen LogP contribution in [0.15, 0.2) is 5.03 Å². The molecule has 0 rings (SSSR count). The first-order valence-corrected chi connectivity index (χ1v) is 1.36. The van der Waals surface area contributed by atoms with Gasteiger partial charge in [0.25, 0.3) is 0 Å². The maximum absolute atomic E-state index is 4.97. The van der Waals surface area contributed by atoms with E-state index in [0.717, 1.165) is 0 Å². The summed E-state index contributed by atoms with van der Waals surface area (Å²) in [5.74, 6) is 0. The number of hydrogen-bond acceptors (Lipinski definition) is 0. The zero-order valence-electron chi connectivity index (χ0n) is 2.46. The number of rotatable bonds is 0. The number of halogens is 1. The second-order valence-corrected chi connectivity index (χ2v) is 1.18. The molecule has 0 unspecified atom stereocenters. The van der Waals surface area contributed by atoms with Crippen LogP contribution in [0.5, 0.6) is 0 Å². The van der Waals surface area contributed by atoms with E-state index in [4.69, 9.17) is 18.2 Å². The van der Waals surface area contributed by atoms with Gasteiger partial charge in [-0.05, 0) is 13.5 Å². The minimum atomic E-state index is 0.389. The Balaban J connectivity index is 2.80. The molecule has 0 spiro atoms. The summed E-state index contributed by atoms with van der Waals surface area (Å²) in [6, 6.07) is 0. The molecule has 0 atom stereocenters. The minimum Gasteiger partial charge on any atom is -0.0895 e. The van der Waals surface area contributed by atoms with E-state index in [1.165, 1.54) is 0 Å². The van der Waals surface area contributed by atoms with Gasteiger partial charge in [0.05, 0.1) is 0 Å². The van der Waals surface area contributed by atoms with E-state index in [-0.39, 0.29) is 0 Å². The number of allylic oxidation sites excluding steroid dienone is 1. The molecule has 0 N–H and O–H groups in total. The quantitative estimate of drug-likeness (QED) is 0.410. The van der Waals surface area contributed by atoms with Crippen molar-refractivity contribution in [2.24, 2.45) is 0 Å². The molecule has 4 heavy (non-hydrogen) atoms. The second-order valence-electron chi connectivity index (χ2n) is 0.587. The van der Waals surface area contributed by atoms with Gasteiger partial charge in [-0.2, -0.15) is 0 Å². The van der Waals surface area contributed by atoms with Crippen LogP contribution in [0.2, 0.25) is 0 Å². The van der Waals surface area contributed by atoms with E-state index in [9.17, 15) is 0 Å². The van der Waals surface area contributed by atoms with Crippen molar-refractivity contribution in [3.63, 3.8) is 0 Å². The predicted molar refractivity (Wildman–Crippen MR) is 19.3 cm³/mol. The van der Waals surface area contributed by atoms with Crippen molar-refractivity contribution in [1.29, 1.82) is 0 Å². The lowest BCUT2D eigenvalue weighted by atomic mass is 10.8. The Morgan fingerprint density at radius 3 is 2.00 bits per heavy atom. The van der Waals surface area contributed by atoms with Crippen LogP contribution >= 0.6 is 11.6 Å². The Labute approximate surface area is 31.1 Å². The zero-order valence-corrected chi connectivity index (χ0v) is 3.21. The predicted octanol–water partition coefficient (Wildman–Crippen LogP) is 1.56. The van der Waals surface area contributed by atoms with Crippen LogP contribution in [0, 0.1) is 6.58 Å². The van der Waals surface area contributed by atoms with Crippen LogP contribution in [0.3, 0.4) is 0 Å². The first kappa shape index (κ1) is 4.03. The van der Waals surface area contributed by atoms with Crippen molar-refractivity contribution < 1.29 is 0 Å². The first-order valence-electron chi connectivity index (χ1n) is 0.978. The monoisotopic (exact) mass is 75.0 g/mol. The first-order chi connectivity index (χ1) is 1.73. The molecule has 23 valence electrons. The highest BCUT2D eigenvalue weighted by atomic mass is 35.5. The molecule has 0 aliphatic rings. The smallest absolute Gasteiger partial charge is 0.0150 e. The van der Waals surface area contributed by atoms with Crippen molar-refractivity contribution in [1.82, 2.24) is 0 Å². The Hall–Kier alpha value is 0.0300. The fourth-order valence-electron chi connectivity index (χ4n) is 0. The van der Waals surface area contributed by atoms with Gasteiger partial charge in [0.1, 0.15) is 0 Å². The lowest BCUT2D eigenvalue weighted by Crippen LogP contribution is -1.35. The third-order valence-corrected chi connectivity index (χ3v) is 0. The topological polar surface area (TPSA) is 0 Å². The van der Waals surface area contributed by atoms with Crippen molar-refractivity contribution in [2.45, 2.75) is 6.92 Å². The second kappa shape index (κ2) is 1.36. The molecular weight excluding hydrogens is 71.5 g/mol. The van der Waals surface area contributed by atoms with Crippen LogP contribution in [0.4, 0.5) is 0 Å². The third-order valence-electron chi connectivity index (χ3n) is 0. The zero-order chi connectivity index (χ0) is 3.58. The van der Waals surface area contributed by atoms with Crippen LogP contribution in [0.25, 0.3) is 0 Å². The van der Waals surface area contributed by atoms with Crippen LogP contribution in [0.1, 0.15) is 6.92 Å². The summed E-state index contributed by atoms with van der Waals surface area (Å²) in [7, 11) is 0. The number of hydrogen-bond donors (Lipinski definition) is 0. The highest BCUT2D eigenvalue weighted by Gasteiger charge is 1.56. The molecule has 0 saturated heterocycles. The Morgan fingerprint density at radius 1 is 2.00 bits per heavy atom. The van der Waals surface area contributed by atoms with Gasteiger partial charge in [-0.15, -0.1) is 0 Å². The molecule has 0 fully saturated rings. The van der Waals surface area contributed by atoms with E-state index in [2.05, 4.69) is 0 Å². The van der Waals surface area contributed by atoms with Crippen LogP contribution in [-0.4, -0.2) is 0 Å². The molecule has 0 aromatic carbocycles. The molecular formula is C3H4Cl. The largest absolute Gasteiger partial charge is 0.0895 e. The lowest BCUT2D eigenvalue weighted by molar-refractivity contribution is 1.70. The van der Waals surface area contributed by atoms with Gasteiger partial charge in [-0.1, -0.05) is 11.6 Å². The molecule has 0 aliphatic carbocycles. The van der Waals surface area contributed by atoms with Gasteiger partial charge < -0.3 is 0 Å². The van der Waals surface area contributed by atoms with Crippen LogP contribution < -0.4 is 0 Å². The molecule has 0 saturated carbocycles. The molecule has 0 aromatic rings. The maximum atomic E-state index is 4.97. The lowest BCUT2D eigenvalue weighted by Gasteiger charge is -1.60. The van der Waals surface area contributed by atoms with E-state index in [1.54, 1.807) is 6.92 Å². The van der Waals surface area contributed by atoms with E-state index >= 15 is 0 Å². The molecule has 0 bridgehead atoms. The van der Waals surface area contributed by atoms with Crippen molar-refractivity contribution in [3.8, 4) is 0 Å². The van der Waals surface area contributed by atoms with E-state index < -0.39 is 0 Å². The summed E-state index contributed by atoms with van der Waals surface area (Å²) < 4.78 is 0.